The number of aliphatic hydroxyl groups excluding tert-OH is 1. The van der Waals surface area contributed by atoms with E-state index >= 15 is 0 Å². The summed E-state index contributed by atoms with van der Waals surface area (Å²) >= 11 is 8.54. The van der Waals surface area contributed by atoms with Crippen LogP contribution in [0.25, 0.3) is 5.76 Å². The van der Waals surface area contributed by atoms with Gasteiger partial charge >= 0.3 is 17.1 Å². The van der Waals surface area contributed by atoms with Crippen molar-refractivity contribution in [1.29, 1.82) is 0 Å². The summed E-state index contributed by atoms with van der Waals surface area (Å²) in [5.41, 5.74) is 0.765. The molecule has 2 rings (SSSR count). The molecule has 90 valence electrons. The molecular weight excluding hydrogens is 292 g/mol. The Hall–Kier alpha value is -0.801. The van der Waals surface area contributed by atoms with Crippen LogP contribution >= 0.6 is 24.8 Å². The van der Waals surface area contributed by atoms with E-state index in [9.17, 15) is 5.11 Å². The summed E-state index contributed by atoms with van der Waals surface area (Å²) in [5.74, 6) is 0.162. The Bertz CT molecular complexity index is 413. The first-order valence-corrected chi connectivity index (χ1v) is 5.58. The van der Waals surface area contributed by atoms with E-state index in [0.29, 0.717) is 4.20 Å². The summed E-state index contributed by atoms with van der Waals surface area (Å²) in [6.45, 7) is 0. The molecule has 0 aliphatic rings. The van der Waals surface area contributed by atoms with Crippen LogP contribution in [-0.4, -0.2) is 9.30 Å². The molecule has 0 heterocycles. The first-order chi connectivity index (χ1) is 7.70. The molecular formula is C13H12FeOS2. The van der Waals surface area contributed by atoms with Crippen LogP contribution in [0.3, 0.4) is 0 Å². The van der Waals surface area contributed by atoms with E-state index in [1.807, 2.05) is 42.5 Å². The van der Waals surface area contributed by atoms with Gasteiger partial charge in [-0.25, -0.2) is 12.1 Å². The minimum atomic E-state index is 0. The van der Waals surface area contributed by atoms with E-state index in [0.717, 1.165) is 5.56 Å². The van der Waals surface area contributed by atoms with Crippen molar-refractivity contribution in [3.05, 3.63) is 66.2 Å². The molecule has 0 spiro atoms. The Morgan fingerprint density at radius 3 is 2.06 bits per heavy atom. The van der Waals surface area contributed by atoms with Crippen molar-refractivity contribution >= 4 is 34.8 Å². The number of hydrogen-bond donors (Lipinski definition) is 2. The predicted molar refractivity (Wildman–Crippen MR) is 76.3 cm³/mol. The molecule has 0 aromatic heterocycles. The fraction of sp³-hybridized carbons (Fsp3) is 0. The SMILES string of the molecule is OC(=CC(=S)S)[c-]1cccc1.[Fe+2].c1cc[cH-]c1. The first kappa shape index (κ1) is 16.2. The molecule has 0 amide bonds. The zero-order chi connectivity index (χ0) is 11.8. The van der Waals surface area contributed by atoms with Gasteiger partial charge in [-0.15, -0.1) is 24.8 Å². The number of aliphatic hydroxyl groups is 1. The second-order valence-electron chi connectivity index (χ2n) is 3.00. The third-order valence-electron chi connectivity index (χ3n) is 1.77. The van der Waals surface area contributed by atoms with E-state index in [1.54, 1.807) is 12.1 Å². The second kappa shape index (κ2) is 9.25. The summed E-state index contributed by atoms with van der Waals surface area (Å²) in [7, 11) is 0. The summed E-state index contributed by atoms with van der Waals surface area (Å²) < 4.78 is 0.378. The molecule has 1 N–H and O–H groups in total. The van der Waals surface area contributed by atoms with E-state index in [-0.39, 0.29) is 22.8 Å². The van der Waals surface area contributed by atoms with Gasteiger partial charge in [0.1, 0.15) is 0 Å². The topological polar surface area (TPSA) is 20.2 Å². The van der Waals surface area contributed by atoms with Crippen LogP contribution in [0.2, 0.25) is 0 Å². The monoisotopic (exact) mass is 304 g/mol. The third kappa shape index (κ3) is 7.18. The van der Waals surface area contributed by atoms with Crippen LogP contribution < -0.4 is 0 Å². The van der Waals surface area contributed by atoms with Crippen molar-refractivity contribution in [2.75, 3.05) is 0 Å². The molecule has 4 heteroatoms. The predicted octanol–water partition coefficient (Wildman–Crippen LogP) is 3.96. The molecule has 0 atom stereocenters. The Morgan fingerprint density at radius 2 is 1.71 bits per heavy atom. The van der Waals surface area contributed by atoms with Crippen LogP contribution in [0.1, 0.15) is 5.56 Å². The molecule has 2 aromatic carbocycles. The van der Waals surface area contributed by atoms with Gasteiger partial charge in [-0.2, -0.15) is 30.3 Å². The molecule has 0 fully saturated rings. The van der Waals surface area contributed by atoms with Crippen molar-refractivity contribution in [2.24, 2.45) is 0 Å². The smallest absolute Gasteiger partial charge is 0.527 e. The molecule has 0 saturated carbocycles. The quantitative estimate of drug-likeness (QED) is 0.219. The Kier molecular flexibility index (Phi) is 8.82. The van der Waals surface area contributed by atoms with Crippen LogP contribution in [-0.2, 0) is 17.1 Å². The molecule has 0 bridgehead atoms. The van der Waals surface area contributed by atoms with Gasteiger partial charge in [-0.1, -0.05) is 23.9 Å². The van der Waals surface area contributed by atoms with Crippen molar-refractivity contribution in [3.63, 3.8) is 0 Å². The minimum Gasteiger partial charge on any atom is -0.527 e. The van der Waals surface area contributed by atoms with Gasteiger partial charge in [-0.05, 0) is 0 Å². The van der Waals surface area contributed by atoms with Gasteiger partial charge < -0.3 is 5.11 Å². The fourth-order valence-corrected chi connectivity index (χ4v) is 1.30. The number of rotatable bonds is 2. The maximum atomic E-state index is 9.30. The van der Waals surface area contributed by atoms with E-state index < -0.39 is 0 Å². The zero-order valence-corrected chi connectivity index (χ0v) is 11.7. The normalized spacial score (nSPS) is 9.82. The summed E-state index contributed by atoms with van der Waals surface area (Å²) in [5, 5.41) is 9.30. The van der Waals surface area contributed by atoms with Gasteiger partial charge in [0.2, 0.25) is 0 Å². The van der Waals surface area contributed by atoms with E-state index in [1.165, 1.54) is 6.08 Å². The molecule has 2 aromatic rings. The van der Waals surface area contributed by atoms with E-state index in [4.69, 9.17) is 0 Å². The zero-order valence-electron chi connectivity index (χ0n) is 8.93. The standard InChI is InChI=1S/C8H7OS2.C5H5.Fe/c9-7(5-8(10)11)6-3-1-2-4-6;1-2-4-5-3-1;/h1-5,9H,(H,10,11);1-5H;/q2*-1;+2. The molecule has 17 heavy (non-hydrogen) atoms. The number of thiol groups is 1. The second-order valence-corrected chi connectivity index (χ2v) is 4.23. The van der Waals surface area contributed by atoms with Crippen LogP contribution in [0.5, 0.6) is 0 Å². The van der Waals surface area contributed by atoms with Crippen LogP contribution in [0.4, 0.5) is 0 Å². The number of hydrogen-bond acceptors (Lipinski definition) is 2. The van der Waals surface area contributed by atoms with Crippen molar-refractivity contribution in [1.82, 2.24) is 0 Å². The fourth-order valence-electron chi connectivity index (χ4n) is 1.07. The Labute approximate surface area is 123 Å². The van der Waals surface area contributed by atoms with Crippen LogP contribution in [0, 0.1) is 0 Å². The summed E-state index contributed by atoms with van der Waals surface area (Å²) in [6.07, 6.45) is 1.44. The molecule has 0 unspecified atom stereocenters. The summed E-state index contributed by atoms with van der Waals surface area (Å²) in [4.78, 5) is 0. The van der Waals surface area contributed by atoms with Crippen molar-refractivity contribution in [2.45, 2.75) is 0 Å². The van der Waals surface area contributed by atoms with Crippen LogP contribution in [0.15, 0.2) is 60.7 Å². The molecule has 0 aliphatic carbocycles. The average Bonchev–Trinajstić information content (AvgIpc) is 2.94. The Balaban J connectivity index is 0.000000360. The van der Waals surface area contributed by atoms with Crippen molar-refractivity contribution in [3.8, 4) is 0 Å². The van der Waals surface area contributed by atoms with Gasteiger partial charge in [-0.3, -0.25) is 0 Å². The molecule has 1 nitrogen and oxygen atoms in total. The molecule has 0 radical (unpaired) electrons. The van der Waals surface area contributed by atoms with Gasteiger partial charge in [0.05, 0.1) is 0 Å². The summed E-state index contributed by atoms with van der Waals surface area (Å²) in [6, 6.07) is 17.3. The van der Waals surface area contributed by atoms with Crippen molar-refractivity contribution < 1.29 is 22.2 Å². The molecule has 0 aliphatic heterocycles. The van der Waals surface area contributed by atoms with Gasteiger partial charge in [0, 0.05) is 9.96 Å². The Morgan fingerprint density at radius 1 is 1.18 bits per heavy atom. The largest absolute Gasteiger partial charge is 2.00 e. The van der Waals surface area contributed by atoms with Gasteiger partial charge in [0.15, 0.2) is 0 Å². The molecule has 0 saturated heterocycles. The first-order valence-electron chi connectivity index (χ1n) is 4.72. The number of thiocarbonyl (C=S) groups is 1. The minimum absolute atomic E-state index is 0. The van der Waals surface area contributed by atoms with E-state index in [2.05, 4.69) is 24.8 Å². The maximum absolute atomic E-state index is 9.30. The third-order valence-corrected chi connectivity index (χ3v) is 2.02. The maximum Gasteiger partial charge on any atom is 2.00 e. The average molecular weight is 304 g/mol. The van der Waals surface area contributed by atoms with Gasteiger partial charge in [0.25, 0.3) is 0 Å².